The predicted octanol–water partition coefficient (Wildman–Crippen LogP) is 5.41. The van der Waals surface area contributed by atoms with E-state index in [0.717, 1.165) is 68.1 Å². The van der Waals surface area contributed by atoms with Crippen molar-refractivity contribution in [2.75, 3.05) is 52.9 Å². The number of piperidine rings is 1. The average Bonchev–Trinajstić information content (AvgIpc) is 3.71. The number of ether oxygens (including phenoxy) is 1. The second-order valence-corrected chi connectivity index (χ2v) is 13.1. The van der Waals surface area contributed by atoms with Gasteiger partial charge in [0, 0.05) is 64.1 Å². The van der Waals surface area contributed by atoms with Crippen molar-refractivity contribution in [1.82, 2.24) is 29.2 Å². The zero-order chi connectivity index (χ0) is 33.0. The number of nitrogens with zero attached hydrogens (tertiary/aromatic N) is 6. The van der Waals surface area contributed by atoms with Crippen molar-refractivity contribution in [3.63, 3.8) is 0 Å². The van der Waals surface area contributed by atoms with E-state index in [1.54, 1.807) is 17.0 Å². The van der Waals surface area contributed by atoms with Gasteiger partial charge in [0.1, 0.15) is 18.1 Å². The summed E-state index contributed by atoms with van der Waals surface area (Å²) in [6.07, 6.45) is 5.14. The molecule has 10 heteroatoms. The first-order valence-corrected chi connectivity index (χ1v) is 16.8. The minimum absolute atomic E-state index is 0.124. The standard InChI is InChI=1S/C38H41FN6O3/c1-41-17-19-42(20-18-41)37-35(34-8-4-6-30-5-2-3-7-33(30)34)24-44(36(37)25-46)23-32-21-40-27-45(32)22-28-13-15-43(16-14-28)38(47)48-26-29-9-11-31(39)12-10-29/h2-12,21,27-28H,13-20,22-24,26H2,1H3. The summed E-state index contributed by atoms with van der Waals surface area (Å²) in [7, 11) is 2.14. The molecular weight excluding hydrogens is 607 g/mol. The van der Waals surface area contributed by atoms with Crippen molar-refractivity contribution in [2.45, 2.75) is 32.5 Å². The summed E-state index contributed by atoms with van der Waals surface area (Å²) < 4.78 is 20.9. The molecule has 3 aliphatic heterocycles. The highest BCUT2D eigenvalue weighted by Gasteiger charge is 2.35. The predicted molar refractivity (Wildman–Crippen MR) is 183 cm³/mol. The van der Waals surface area contributed by atoms with Crippen molar-refractivity contribution < 1.29 is 18.7 Å². The van der Waals surface area contributed by atoms with Gasteiger partial charge < -0.3 is 28.9 Å². The SMILES string of the molecule is CN1CCN(C2=C(c3cccc4ccccc34)CN(Cc3cncn3CC3CCN(C(=O)OCc4ccc(F)cc4)CC3)C2=C=O)CC1. The van der Waals surface area contributed by atoms with Gasteiger partial charge in [-0.3, -0.25) is 0 Å². The highest BCUT2D eigenvalue weighted by molar-refractivity contribution is 5.97. The number of imidazole rings is 1. The summed E-state index contributed by atoms with van der Waals surface area (Å²) in [6.45, 7) is 6.91. The Morgan fingerprint density at radius 2 is 1.71 bits per heavy atom. The molecule has 1 amide bonds. The summed E-state index contributed by atoms with van der Waals surface area (Å²) >= 11 is 0. The fraction of sp³-hybridized carbons (Fsp3) is 0.368. The normalized spacial score (nSPS) is 17.8. The molecule has 2 saturated heterocycles. The van der Waals surface area contributed by atoms with Gasteiger partial charge in [0.2, 0.25) is 0 Å². The lowest BCUT2D eigenvalue weighted by molar-refractivity contribution is 0.0805. The molecule has 3 aromatic carbocycles. The number of carbonyl (C=O) groups excluding carboxylic acids is 2. The fourth-order valence-electron chi connectivity index (χ4n) is 7.19. The van der Waals surface area contributed by atoms with E-state index in [0.29, 0.717) is 37.8 Å². The number of aromatic nitrogens is 2. The first kappa shape index (κ1) is 31.7. The van der Waals surface area contributed by atoms with Crippen LogP contribution in [-0.2, 0) is 29.2 Å². The molecule has 1 aromatic heterocycles. The van der Waals surface area contributed by atoms with Crippen LogP contribution < -0.4 is 0 Å². The van der Waals surface area contributed by atoms with E-state index in [1.807, 2.05) is 12.5 Å². The van der Waals surface area contributed by atoms with E-state index in [2.05, 4.69) is 79.7 Å². The lowest BCUT2D eigenvalue weighted by Gasteiger charge is -2.35. The maximum absolute atomic E-state index is 13.2. The molecule has 0 saturated carbocycles. The van der Waals surface area contributed by atoms with Gasteiger partial charge in [-0.15, -0.1) is 0 Å². The van der Waals surface area contributed by atoms with Crippen molar-refractivity contribution >= 4 is 28.4 Å². The average molecular weight is 649 g/mol. The van der Waals surface area contributed by atoms with E-state index < -0.39 is 0 Å². The topological polar surface area (TPSA) is 74.2 Å². The van der Waals surface area contributed by atoms with Gasteiger partial charge in [-0.25, -0.2) is 19.0 Å². The second kappa shape index (κ2) is 14.1. The number of likely N-dealkylation sites (N-methyl/N-ethyl adjacent to an activating group) is 1. The van der Waals surface area contributed by atoms with Crippen LogP contribution in [0.1, 0.15) is 29.7 Å². The lowest BCUT2D eigenvalue weighted by atomic mass is 9.97. The van der Waals surface area contributed by atoms with Gasteiger partial charge in [-0.1, -0.05) is 54.6 Å². The van der Waals surface area contributed by atoms with E-state index in [4.69, 9.17) is 4.74 Å². The number of rotatable bonds is 8. The Balaban J connectivity index is 1.03. The molecule has 0 N–H and O–H groups in total. The molecule has 2 fully saturated rings. The maximum Gasteiger partial charge on any atom is 0.410 e. The summed E-state index contributed by atoms with van der Waals surface area (Å²) in [6, 6.07) is 20.8. The van der Waals surface area contributed by atoms with Gasteiger partial charge in [0.15, 0.2) is 5.94 Å². The Morgan fingerprint density at radius 3 is 2.48 bits per heavy atom. The summed E-state index contributed by atoms with van der Waals surface area (Å²) in [5.41, 5.74) is 5.74. The Hall–Kier alpha value is -4.92. The number of likely N-dealkylation sites (tertiary alicyclic amines) is 1. The zero-order valence-electron chi connectivity index (χ0n) is 27.4. The highest BCUT2D eigenvalue weighted by Crippen LogP contribution is 2.39. The molecule has 0 unspecified atom stereocenters. The molecule has 0 spiro atoms. The minimum atomic E-state index is -0.339. The molecule has 9 nitrogen and oxygen atoms in total. The quantitative estimate of drug-likeness (QED) is 0.237. The molecule has 0 aliphatic carbocycles. The Bertz CT molecular complexity index is 1840. The zero-order valence-corrected chi connectivity index (χ0v) is 27.4. The Labute approximate surface area is 280 Å². The molecule has 0 atom stereocenters. The minimum Gasteiger partial charge on any atom is -0.445 e. The van der Waals surface area contributed by atoms with Crippen molar-refractivity contribution in [2.24, 2.45) is 5.92 Å². The van der Waals surface area contributed by atoms with E-state index in [-0.39, 0.29) is 18.5 Å². The number of fused-ring (bicyclic) bond motifs is 1. The van der Waals surface area contributed by atoms with Gasteiger partial charge in [0.25, 0.3) is 0 Å². The summed E-state index contributed by atoms with van der Waals surface area (Å²) in [5, 5.41) is 2.37. The van der Waals surface area contributed by atoms with Crippen LogP contribution in [0.25, 0.3) is 16.3 Å². The summed E-state index contributed by atoms with van der Waals surface area (Å²) in [5.74, 6) is 2.42. The van der Waals surface area contributed by atoms with Gasteiger partial charge in [-0.05, 0) is 59.8 Å². The molecular formula is C38H41FN6O3. The first-order valence-electron chi connectivity index (χ1n) is 16.8. The van der Waals surface area contributed by atoms with Crippen LogP contribution in [0.4, 0.5) is 9.18 Å². The smallest absolute Gasteiger partial charge is 0.410 e. The van der Waals surface area contributed by atoms with Crippen molar-refractivity contribution in [1.29, 1.82) is 0 Å². The van der Waals surface area contributed by atoms with Crippen molar-refractivity contribution in [3.05, 3.63) is 113 Å². The lowest BCUT2D eigenvalue weighted by Crippen LogP contribution is -2.44. The molecule has 48 heavy (non-hydrogen) atoms. The first-order chi connectivity index (χ1) is 23.5. The van der Waals surface area contributed by atoms with Gasteiger partial charge in [-0.2, -0.15) is 0 Å². The fourth-order valence-corrected chi connectivity index (χ4v) is 7.19. The van der Waals surface area contributed by atoms with Gasteiger partial charge in [0.05, 0.1) is 24.3 Å². The molecule has 4 aromatic rings. The second-order valence-electron chi connectivity index (χ2n) is 13.1. The number of hydrogen-bond acceptors (Lipinski definition) is 7. The monoisotopic (exact) mass is 648 g/mol. The molecule has 0 bridgehead atoms. The van der Waals surface area contributed by atoms with Crippen molar-refractivity contribution in [3.8, 4) is 0 Å². The largest absolute Gasteiger partial charge is 0.445 e. The molecule has 0 radical (unpaired) electrons. The van der Waals surface area contributed by atoms with Crippen LogP contribution in [0, 0.1) is 11.7 Å². The van der Waals surface area contributed by atoms with Crippen LogP contribution in [-0.4, -0.2) is 94.0 Å². The summed E-state index contributed by atoms with van der Waals surface area (Å²) in [4.78, 5) is 38.6. The number of hydrogen-bond donors (Lipinski definition) is 0. The third kappa shape index (κ3) is 6.72. The van der Waals surface area contributed by atoms with Crippen LogP contribution in [0.15, 0.2) is 90.6 Å². The number of halogens is 1. The van der Waals surface area contributed by atoms with Crippen LogP contribution in [0.2, 0.25) is 0 Å². The highest BCUT2D eigenvalue weighted by atomic mass is 19.1. The van der Waals surface area contributed by atoms with E-state index >= 15 is 0 Å². The maximum atomic E-state index is 13.2. The van der Waals surface area contributed by atoms with E-state index in [1.165, 1.54) is 28.5 Å². The molecule has 7 rings (SSSR count). The van der Waals surface area contributed by atoms with Gasteiger partial charge >= 0.3 is 6.09 Å². The third-order valence-electron chi connectivity index (χ3n) is 9.96. The Morgan fingerprint density at radius 1 is 0.958 bits per heavy atom. The molecule has 4 heterocycles. The third-order valence-corrected chi connectivity index (χ3v) is 9.96. The van der Waals surface area contributed by atoms with Crippen LogP contribution in [0.5, 0.6) is 0 Å². The number of carbonyl (C=O) groups is 1. The van der Waals surface area contributed by atoms with E-state index in [9.17, 15) is 14.0 Å². The Kier molecular flexibility index (Phi) is 9.27. The van der Waals surface area contributed by atoms with Crippen LogP contribution in [0.3, 0.4) is 0 Å². The van der Waals surface area contributed by atoms with Crippen LogP contribution >= 0.6 is 0 Å². The number of piperazine rings is 1. The molecule has 248 valence electrons. The molecule has 3 aliphatic rings. The number of amides is 1. The number of benzene rings is 3.